The van der Waals surface area contributed by atoms with Crippen molar-refractivity contribution in [2.24, 2.45) is 0 Å². The maximum Gasteiger partial charge on any atom is 0.264 e. The van der Waals surface area contributed by atoms with Crippen LogP contribution in [0.4, 0.5) is 5.69 Å². The average molecular weight is 517 g/mol. The Morgan fingerprint density at radius 1 is 1.17 bits per heavy atom. The highest BCUT2D eigenvalue weighted by Crippen LogP contribution is 2.28. The number of benzene rings is 1. The number of imide groups is 1. The zero-order valence-corrected chi connectivity index (χ0v) is 18.2. The van der Waals surface area contributed by atoms with Gasteiger partial charge in [-0.3, -0.25) is 19.4 Å². The Hall–Kier alpha value is -2.59. The molecule has 1 fully saturated rings. The summed E-state index contributed by atoms with van der Waals surface area (Å²) in [4.78, 5) is 46.4. The van der Waals surface area contributed by atoms with Gasteiger partial charge in [-0.2, -0.15) is 0 Å². The van der Waals surface area contributed by atoms with Gasteiger partial charge in [0, 0.05) is 22.5 Å². The second-order valence-corrected chi connectivity index (χ2v) is 8.73. The molecule has 1 aliphatic rings. The van der Waals surface area contributed by atoms with Crippen LogP contribution < -0.4 is 4.90 Å². The smallest absolute Gasteiger partial charge is 0.264 e. The second kappa shape index (κ2) is 8.42. The first-order chi connectivity index (χ1) is 14.0. The van der Waals surface area contributed by atoms with Crippen LogP contribution >= 0.6 is 33.9 Å². The number of amides is 3. The molecule has 1 atom stereocenters. The Balaban J connectivity index is 1.66. The molecule has 4 rings (SSSR count). The molecule has 1 aliphatic heterocycles. The topological polar surface area (TPSA) is 70.6 Å². The molecular formula is C21H16IN3O3S. The van der Waals surface area contributed by atoms with Crippen LogP contribution in [0.2, 0.25) is 0 Å². The Bertz CT molecular complexity index is 1040. The van der Waals surface area contributed by atoms with Crippen LogP contribution in [0.5, 0.6) is 0 Å². The van der Waals surface area contributed by atoms with Crippen LogP contribution in [0.15, 0.2) is 66.3 Å². The number of rotatable bonds is 5. The molecule has 0 bridgehead atoms. The standard InChI is InChI=1S/C21H16IN3O3S/c22-15-5-7-16(8-6-15)25-19(26)11-17(20(25)27)24(13-14-3-1-9-23-12-14)21(28)18-4-2-10-29-18/h1-10,12,17H,11,13H2. The molecule has 1 unspecified atom stereocenters. The monoisotopic (exact) mass is 517 g/mol. The first-order valence-electron chi connectivity index (χ1n) is 8.90. The summed E-state index contributed by atoms with van der Waals surface area (Å²) in [5, 5.41) is 1.81. The number of thiophene rings is 1. The number of carbonyl (C=O) groups is 3. The molecule has 0 saturated carbocycles. The normalized spacial score (nSPS) is 16.3. The van der Waals surface area contributed by atoms with Crippen LogP contribution in [0.25, 0.3) is 0 Å². The number of hydrogen-bond acceptors (Lipinski definition) is 5. The Morgan fingerprint density at radius 3 is 2.62 bits per heavy atom. The molecule has 0 N–H and O–H groups in total. The molecule has 2 aromatic heterocycles. The van der Waals surface area contributed by atoms with Gasteiger partial charge in [-0.15, -0.1) is 11.3 Å². The minimum Gasteiger partial charge on any atom is -0.321 e. The maximum absolute atomic E-state index is 13.2. The van der Waals surface area contributed by atoms with Gasteiger partial charge in [0.1, 0.15) is 6.04 Å². The van der Waals surface area contributed by atoms with E-state index in [1.165, 1.54) is 21.1 Å². The summed E-state index contributed by atoms with van der Waals surface area (Å²) < 4.78 is 1.01. The minimum absolute atomic E-state index is 0.0395. The van der Waals surface area contributed by atoms with E-state index in [2.05, 4.69) is 27.6 Å². The predicted octanol–water partition coefficient (Wildman–Crippen LogP) is 3.72. The molecule has 3 amide bonds. The SMILES string of the molecule is O=C1CC(N(Cc2cccnc2)C(=O)c2cccs2)C(=O)N1c1ccc(I)cc1. The third kappa shape index (κ3) is 4.08. The van der Waals surface area contributed by atoms with Crippen molar-refractivity contribution in [2.45, 2.75) is 19.0 Å². The van der Waals surface area contributed by atoms with Gasteiger partial charge >= 0.3 is 0 Å². The first kappa shape index (κ1) is 19.7. The van der Waals surface area contributed by atoms with Crippen molar-refractivity contribution >= 4 is 57.3 Å². The van der Waals surface area contributed by atoms with Gasteiger partial charge in [0.25, 0.3) is 11.8 Å². The summed E-state index contributed by atoms with van der Waals surface area (Å²) in [5.74, 6) is -0.958. The summed E-state index contributed by atoms with van der Waals surface area (Å²) in [6.45, 7) is 0.203. The highest BCUT2D eigenvalue weighted by atomic mass is 127. The number of carbonyl (C=O) groups excluding carboxylic acids is 3. The van der Waals surface area contributed by atoms with Crippen molar-refractivity contribution in [1.29, 1.82) is 0 Å². The maximum atomic E-state index is 13.2. The van der Waals surface area contributed by atoms with Crippen LogP contribution in [-0.2, 0) is 16.1 Å². The van der Waals surface area contributed by atoms with E-state index in [0.717, 1.165) is 9.13 Å². The predicted molar refractivity (Wildman–Crippen MR) is 118 cm³/mol. The molecule has 6 nitrogen and oxygen atoms in total. The number of halogens is 1. The van der Waals surface area contributed by atoms with Crippen molar-refractivity contribution < 1.29 is 14.4 Å². The number of pyridine rings is 1. The second-order valence-electron chi connectivity index (χ2n) is 6.54. The molecule has 146 valence electrons. The molecular weight excluding hydrogens is 501 g/mol. The van der Waals surface area contributed by atoms with Crippen LogP contribution in [0.3, 0.4) is 0 Å². The van der Waals surface area contributed by atoms with Gasteiger partial charge in [0.2, 0.25) is 5.91 Å². The van der Waals surface area contributed by atoms with Crippen LogP contribution in [0.1, 0.15) is 21.7 Å². The fraction of sp³-hybridized carbons (Fsp3) is 0.143. The van der Waals surface area contributed by atoms with E-state index in [9.17, 15) is 14.4 Å². The van der Waals surface area contributed by atoms with Gasteiger partial charge in [0.05, 0.1) is 17.0 Å². The van der Waals surface area contributed by atoms with Gasteiger partial charge in [-0.25, -0.2) is 4.90 Å². The lowest BCUT2D eigenvalue weighted by Crippen LogP contribution is -2.45. The van der Waals surface area contributed by atoms with E-state index >= 15 is 0 Å². The number of hydrogen-bond donors (Lipinski definition) is 0. The molecule has 1 saturated heterocycles. The average Bonchev–Trinajstić information content (AvgIpc) is 3.36. The minimum atomic E-state index is -0.850. The first-order valence-corrected chi connectivity index (χ1v) is 10.9. The zero-order chi connectivity index (χ0) is 20.4. The number of nitrogens with zero attached hydrogens (tertiary/aromatic N) is 3. The van der Waals surface area contributed by atoms with Crippen molar-refractivity contribution in [1.82, 2.24) is 9.88 Å². The molecule has 0 aliphatic carbocycles. The van der Waals surface area contributed by atoms with Crippen molar-refractivity contribution in [2.75, 3.05) is 4.90 Å². The third-order valence-electron chi connectivity index (χ3n) is 4.65. The summed E-state index contributed by atoms with van der Waals surface area (Å²) in [5.41, 5.74) is 1.32. The van der Waals surface area contributed by atoms with Crippen molar-refractivity contribution in [3.05, 3.63) is 80.3 Å². The third-order valence-corrected chi connectivity index (χ3v) is 6.23. The van der Waals surface area contributed by atoms with Gasteiger partial charge in [0.15, 0.2) is 0 Å². The summed E-state index contributed by atoms with van der Waals surface area (Å²) >= 11 is 3.48. The fourth-order valence-corrected chi connectivity index (χ4v) is 4.31. The van der Waals surface area contributed by atoms with Crippen molar-refractivity contribution in [3.63, 3.8) is 0 Å². The summed E-state index contributed by atoms with van der Waals surface area (Å²) in [7, 11) is 0. The molecule has 29 heavy (non-hydrogen) atoms. The lowest BCUT2D eigenvalue weighted by atomic mass is 10.1. The summed E-state index contributed by atoms with van der Waals surface area (Å²) in [6, 6.07) is 13.5. The lowest BCUT2D eigenvalue weighted by molar-refractivity contribution is -0.122. The van der Waals surface area contributed by atoms with Gasteiger partial charge in [-0.1, -0.05) is 12.1 Å². The lowest BCUT2D eigenvalue weighted by Gasteiger charge is -2.27. The molecule has 3 heterocycles. The molecule has 0 spiro atoms. The highest BCUT2D eigenvalue weighted by Gasteiger charge is 2.44. The number of anilines is 1. The van der Waals surface area contributed by atoms with E-state index in [0.29, 0.717) is 10.6 Å². The summed E-state index contributed by atoms with van der Waals surface area (Å²) in [6.07, 6.45) is 3.27. The molecule has 8 heteroatoms. The number of aromatic nitrogens is 1. The van der Waals surface area contributed by atoms with E-state index in [-0.39, 0.29) is 30.7 Å². The fourth-order valence-electron chi connectivity index (χ4n) is 3.27. The van der Waals surface area contributed by atoms with Gasteiger partial charge in [-0.05, 0) is 69.9 Å². The van der Waals surface area contributed by atoms with Crippen LogP contribution in [-0.4, -0.2) is 33.6 Å². The van der Waals surface area contributed by atoms with E-state index in [4.69, 9.17) is 0 Å². The van der Waals surface area contributed by atoms with E-state index < -0.39 is 6.04 Å². The largest absolute Gasteiger partial charge is 0.321 e. The zero-order valence-electron chi connectivity index (χ0n) is 15.2. The highest BCUT2D eigenvalue weighted by molar-refractivity contribution is 14.1. The molecule has 3 aromatic rings. The van der Waals surface area contributed by atoms with Crippen LogP contribution in [0, 0.1) is 3.57 Å². The Kier molecular flexibility index (Phi) is 5.72. The Morgan fingerprint density at radius 2 is 1.97 bits per heavy atom. The Labute approximate surface area is 185 Å². The van der Waals surface area contributed by atoms with Gasteiger partial charge < -0.3 is 4.90 Å². The molecule has 0 radical (unpaired) electrons. The van der Waals surface area contributed by atoms with E-state index in [1.807, 2.05) is 23.6 Å². The van der Waals surface area contributed by atoms with E-state index in [1.54, 1.807) is 42.7 Å². The molecule has 1 aromatic carbocycles. The quantitative estimate of drug-likeness (QED) is 0.382. The van der Waals surface area contributed by atoms with Crippen molar-refractivity contribution in [3.8, 4) is 0 Å².